The highest BCUT2D eigenvalue weighted by Gasteiger charge is 2.11. The van der Waals surface area contributed by atoms with Gasteiger partial charge in [-0.15, -0.1) is 10.2 Å². The number of rotatable bonds is 3. The number of carbonyl (C=O) groups excluding carboxylic acids is 1. The van der Waals surface area contributed by atoms with Crippen molar-refractivity contribution in [1.29, 1.82) is 5.26 Å². The molecular weight excluding hydrogens is 280 g/mol. The van der Waals surface area contributed by atoms with E-state index in [9.17, 15) is 4.79 Å². The second-order valence-corrected chi connectivity index (χ2v) is 4.15. The third kappa shape index (κ3) is 3.02. The minimum Gasteiger partial charge on any atom is -0.480 e. The molecule has 1 amide bonds. The van der Waals surface area contributed by atoms with Crippen LogP contribution in [0.15, 0.2) is 30.3 Å². The van der Waals surface area contributed by atoms with Crippen LogP contribution in [0, 0.1) is 11.3 Å². The van der Waals surface area contributed by atoms with Crippen molar-refractivity contribution in [2.24, 2.45) is 0 Å². The monoisotopic (exact) mass is 288 g/mol. The zero-order valence-electron chi connectivity index (χ0n) is 10.4. The molecule has 0 saturated heterocycles. The number of nitrogens with zero attached hydrogens (tertiary/aromatic N) is 3. The van der Waals surface area contributed by atoms with Crippen molar-refractivity contribution in [3.05, 3.63) is 46.6 Å². The largest absolute Gasteiger partial charge is 0.480 e. The predicted octanol–water partition coefficient (Wildman–Crippen LogP) is 2.26. The number of hydrogen-bond donors (Lipinski definition) is 1. The van der Waals surface area contributed by atoms with Crippen LogP contribution in [0.25, 0.3) is 0 Å². The third-order valence-corrected chi connectivity index (χ3v) is 2.67. The summed E-state index contributed by atoms with van der Waals surface area (Å²) in [5.41, 5.74) is 0.738. The van der Waals surface area contributed by atoms with Crippen LogP contribution >= 0.6 is 11.6 Å². The van der Waals surface area contributed by atoms with E-state index in [0.29, 0.717) is 22.2 Å². The molecule has 0 aliphatic heterocycles. The number of nitriles is 1. The number of carbonyl (C=O) groups is 1. The summed E-state index contributed by atoms with van der Waals surface area (Å²) in [6, 6.07) is 9.55. The van der Waals surface area contributed by atoms with Crippen LogP contribution in [-0.2, 0) is 0 Å². The maximum atomic E-state index is 12.0. The van der Waals surface area contributed by atoms with Gasteiger partial charge >= 0.3 is 0 Å². The molecule has 2 aromatic rings. The highest BCUT2D eigenvalue weighted by molar-refractivity contribution is 6.31. The van der Waals surface area contributed by atoms with E-state index in [1.54, 1.807) is 6.07 Å². The fourth-order valence-corrected chi connectivity index (χ4v) is 1.63. The number of nitrogens with one attached hydrogen (secondary N) is 1. The summed E-state index contributed by atoms with van der Waals surface area (Å²) >= 11 is 5.84. The van der Waals surface area contributed by atoms with Crippen LogP contribution in [0.2, 0.25) is 5.02 Å². The van der Waals surface area contributed by atoms with E-state index in [-0.39, 0.29) is 5.69 Å². The Morgan fingerprint density at radius 2 is 2.15 bits per heavy atom. The third-order valence-electron chi connectivity index (χ3n) is 2.43. The Bertz CT molecular complexity index is 680. The minimum absolute atomic E-state index is 0.106. The molecule has 0 spiro atoms. The van der Waals surface area contributed by atoms with Gasteiger partial charge in [-0.2, -0.15) is 5.26 Å². The number of benzene rings is 1. The molecule has 1 heterocycles. The molecule has 0 fully saturated rings. The number of halogens is 1. The molecule has 100 valence electrons. The van der Waals surface area contributed by atoms with Crippen molar-refractivity contribution in [3.63, 3.8) is 0 Å². The zero-order chi connectivity index (χ0) is 14.5. The first-order chi connectivity index (χ1) is 9.63. The number of aromatic nitrogens is 2. The number of anilines is 1. The Kier molecular flexibility index (Phi) is 4.13. The van der Waals surface area contributed by atoms with Crippen molar-refractivity contribution in [2.75, 3.05) is 12.4 Å². The summed E-state index contributed by atoms with van der Waals surface area (Å²) < 4.78 is 4.85. The molecule has 0 atom stereocenters. The van der Waals surface area contributed by atoms with Gasteiger partial charge in [0.05, 0.1) is 18.4 Å². The van der Waals surface area contributed by atoms with Crippen molar-refractivity contribution in [3.8, 4) is 11.9 Å². The lowest BCUT2D eigenvalue weighted by Gasteiger charge is -2.07. The van der Waals surface area contributed by atoms with E-state index in [4.69, 9.17) is 21.6 Å². The lowest BCUT2D eigenvalue weighted by molar-refractivity contribution is 0.102. The van der Waals surface area contributed by atoms with Gasteiger partial charge in [0.15, 0.2) is 5.69 Å². The molecule has 0 unspecified atom stereocenters. The zero-order valence-corrected chi connectivity index (χ0v) is 11.2. The molecule has 6 nitrogen and oxygen atoms in total. The van der Waals surface area contributed by atoms with Gasteiger partial charge in [-0.25, -0.2) is 0 Å². The molecule has 0 saturated carbocycles. The molecule has 1 N–H and O–H groups in total. The molecule has 0 aliphatic rings. The maximum absolute atomic E-state index is 12.0. The molecular formula is C13H9ClN4O2. The van der Waals surface area contributed by atoms with Gasteiger partial charge in [0.2, 0.25) is 5.88 Å². The maximum Gasteiger partial charge on any atom is 0.276 e. The number of ether oxygens (including phenoxy) is 1. The first-order valence-corrected chi connectivity index (χ1v) is 5.90. The Morgan fingerprint density at radius 3 is 2.75 bits per heavy atom. The molecule has 7 heteroatoms. The van der Waals surface area contributed by atoms with Crippen LogP contribution in [0.4, 0.5) is 5.69 Å². The van der Waals surface area contributed by atoms with Crippen molar-refractivity contribution in [2.45, 2.75) is 0 Å². The second kappa shape index (κ2) is 5.99. The van der Waals surface area contributed by atoms with Crippen LogP contribution in [0.1, 0.15) is 16.1 Å². The average Bonchev–Trinajstić information content (AvgIpc) is 2.47. The van der Waals surface area contributed by atoms with Crippen LogP contribution in [0.5, 0.6) is 5.88 Å². The lowest BCUT2D eigenvalue weighted by Crippen LogP contribution is -2.15. The van der Waals surface area contributed by atoms with Crippen molar-refractivity contribution < 1.29 is 9.53 Å². The molecule has 0 aliphatic carbocycles. The Hall–Kier alpha value is -2.65. The van der Waals surface area contributed by atoms with E-state index < -0.39 is 5.91 Å². The van der Waals surface area contributed by atoms with Gasteiger partial charge in [-0.3, -0.25) is 4.79 Å². The minimum atomic E-state index is -0.487. The van der Waals surface area contributed by atoms with E-state index in [1.165, 1.54) is 31.4 Å². The summed E-state index contributed by atoms with van der Waals surface area (Å²) in [6.45, 7) is 0. The van der Waals surface area contributed by atoms with Crippen LogP contribution in [-0.4, -0.2) is 23.2 Å². The lowest BCUT2D eigenvalue weighted by atomic mass is 10.2. The molecule has 1 aromatic heterocycles. The number of methoxy groups -OCH3 is 1. The fourth-order valence-electron chi connectivity index (χ4n) is 1.45. The predicted molar refractivity (Wildman–Crippen MR) is 72.7 cm³/mol. The Morgan fingerprint density at radius 1 is 1.35 bits per heavy atom. The van der Waals surface area contributed by atoms with E-state index in [2.05, 4.69) is 15.5 Å². The summed E-state index contributed by atoms with van der Waals surface area (Å²) in [5.74, 6) is -0.180. The number of amides is 1. The smallest absolute Gasteiger partial charge is 0.276 e. The normalized spacial score (nSPS) is 9.65. The van der Waals surface area contributed by atoms with Crippen LogP contribution in [0.3, 0.4) is 0 Å². The van der Waals surface area contributed by atoms with Gasteiger partial charge in [0.25, 0.3) is 5.91 Å². The molecule has 1 aromatic carbocycles. The van der Waals surface area contributed by atoms with Crippen molar-refractivity contribution in [1.82, 2.24) is 10.2 Å². The molecule has 2 rings (SSSR count). The van der Waals surface area contributed by atoms with Gasteiger partial charge in [-0.1, -0.05) is 11.6 Å². The SMILES string of the molecule is COc1ccc(C(=O)Nc2cc(Cl)ccc2C#N)nn1. The van der Waals surface area contributed by atoms with Crippen molar-refractivity contribution >= 4 is 23.2 Å². The quantitative estimate of drug-likeness (QED) is 0.936. The van der Waals surface area contributed by atoms with Gasteiger partial charge in [0.1, 0.15) is 6.07 Å². The van der Waals surface area contributed by atoms with Crippen LogP contribution < -0.4 is 10.1 Å². The second-order valence-electron chi connectivity index (χ2n) is 3.72. The number of hydrogen-bond acceptors (Lipinski definition) is 5. The highest BCUT2D eigenvalue weighted by Crippen LogP contribution is 2.20. The summed E-state index contributed by atoms with van der Waals surface area (Å²) in [5, 5.41) is 19.4. The Labute approximate surface area is 120 Å². The molecule has 20 heavy (non-hydrogen) atoms. The average molecular weight is 289 g/mol. The summed E-state index contributed by atoms with van der Waals surface area (Å²) in [7, 11) is 1.45. The van der Waals surface area contributed by atoms with Gasteiger partial charge in [-0.05, 0) is 24.3 Å². The fraction of sp³-hybridized carbons (Fsp3) is 0.0769. The standard InChI is InChI=1S/C13H9ClN4O2/c1-20-12-5-4-10(17-18-12)13(19)16-11-6-9(14)3-2-8(11)7-15/h2-6H,1H3,(H,16,19). The van der Waals surface area contributed by atoms with Gasteiger partial charge in [0, 0.05) is 11.1 Å². The topological polar surface area (TPSA) is 87.9 Å². The first kappa shape index (κ1) is 13.8. The van der Waals surface area contributed by atoms with E-state index in [1.807, 2.05) is 6.07 Å². The molecule has 0 radical (unpaired) electrons. The summed E-state index contributed by atoms with van der Waals surface area (Å²) in [4.78, 5) is 12.0. The van der Waals surface area contributed by atoms with E-state index in [0.717, 1.165) is 0 Å². The van der Waals surface area contributed by atoms with E-state index >= 15 is 0 Å². The molecule has 0 bridgehead atoms. The highest BCUT2D eigenvalue weighted by atomic mass is 35.5. The van der Waals surface area contributed by atoms with Gasteiger partial charge < -0.3 is 10.1 Å². The Balaban J connectivity index is 2.23. The first-order valence-electron chi connectivity index (χ1n) is 5.53. The summed E-state index contributed by atoms with van der Waals surface area (Å²) in [6.07, 6.45) is 0.